The molecule has 0 saturated heterocycles. The van der Waals surface area contributed by atoms with E-state index in [1.165, 1.54) is 6.08 Å². The minimum absolute atomic E-state index is 0.0246. The number of ketones is 1. The summed E-state index contributed by atoms with van der Waals surface area (Å²) in [5, 5.41) is 8.77. The largest absolute Gasteiger partial charge is 0.467 e. The molecule has 0 spiro atoms. The number of carbonyl (C=O) groups excluding carboxylic acids is 5. The first-order chi connectivity index (χ1) is 19.9. The van der Waals surface area contributed by atoms with E-state index in [9.17, 15) is 28.8 Å². The average molecular weight is 589 g/mol. The van der Waals surface area contributed by atoms with Crippen LogP contribution >= 0.6 is 0 Å². The average Bonchev–Trinajstić information content (AvgIpc) is 3.33. The number of amides is 2. The maximum absolute atomic E-state index is 13.4. The molecule has 2 rings (SSSR count). The Balaban J connectivity index is 2.29. The maximum Gasteiger partial charge on any atom is 0.438 e. The van der Waals surface area contributed by atoms with Crippen LogP contribution in [0.1, 0.15) is 56.4 Å². The molecule has 0 saturated carbocycles. The molecule has 0 fully saturated rings. The molecule has 0 aliphatic carbocycles. The minimum Gasteiger partial charge on any atom is -0.467 e. The molecule has 2 aromatic rings. The van der Waals surface area contributed by atoms with Gasteiger partial charge in [0.25, 0.3) is 11.9 Å². The monoisotopic (exact) mass is 588 g/mol. The molecule has 0 aliphatic rings. The van der Waals surface area contributed by atoms with Crippen LogP contribution in [-0.2, 0) is 35.2 Å². The molecule has 2 atom stereocenters. The van der Waals surface area contributed by atoms with Gasteiger partial charge < -0.3 is 29.3 Å². The van der Waals surface area contributed by atoms with Crippen LogP contribution in [0.5, 0.6) is 0 Å². The van der Waals surface area contributed by atoms with E-state index in [0.717, 1.165) is 19.8 Å². The van der Waals surface area contributed by atoms with E-state index in [4.69, 9.17) is 9.15 Å². The molecule has 2 amide bonds. The minimum atomic E-state index is -1.95. The van der Waals surface area contributed by atoms with E-state index in [0.29, 0.717) is 4.68 Å². The zero-order chi connectivity index (χ0) is 31.4. The van der Waals surface area contributed by atoms with E-state index >= 15 is 0 Å². The Bertz CT molecular complexity index is 1310. The Morgan fingerprint density at radius 2 is 1.57 bits per heavy atom. The van der Waals surface area contributed by atoms with Crippen molar-refractivity contribution in [2.24, 2.45) is 11.8 Å². The molecule has 42 heavy (non-hydrogen) atoms. The molecule has 0 radical (unpaired) electrons. The second-order valence-corrected chi connectivity index (χ2v) is 9.93. The number of esters is 2. The SMILES string of the molecule is COC(=O)C(C(=O)OC)n1nc(C(=O)[C@H](CC(C)C)NC(=O)C(/C=C/C(C)C)NC(=O)OCc2ccccc2)oc1=O. The molecule has 1 unspecified atom stereocenters. The molecule has 1 heterocycles. The Morgan fingerprint density at radius 3 is 2.12 bits per heavy atom. The van der Waals surface area contributed by atoms with Gasteiger partial charge in [-0.05, 0) is 23.8 Å². The molecule has 2 N–H and O–H groups in total. The van der Waals surface area contributed by atoms with Gasteiger partial charge in [0, 0.05) is 0 Å². The van der Waals surface area contributed by atoms with E-state index in [-0.39, 0.29) is 24.9 Å². The molecule has 1 aromatic carbocycles. The van der Waals surface area contributed by atoms with Gasteiger partial charge in [0.15, 0.2) is 0 Å². The third-order valence-corrected chi connectivity index (χ3v) is 5.67. The fraction of sp³-hybridized carbons (Fsp3) is 0.464. The smallest absolute Gasteiger partial charge is 0.438 e. The zero-order valence-electron chi connectivity index (χ0n) is 24.3. The highest BCUT2D eigenvalue weighted by Gasteiger charge is 2.37. The number of rotatable bonds is 14. The second kappa shape index (κ2) is 15.9. The van der Waals surface area contributed by atoms with Gasteiger partial charge in [-0.15, -0.1) is 5.10 Å². The standard InChI is InChI=1S/C28H36N4O10/c1-16(2)12-13-19(30-27(37)41-15-18-10-8-7-9-11-18)23(34)29-20(14-17(3)4)22(33)24-31-32(28(38)42-24)21(25(35)39-5)26(36)40-6/h7-13,16-17,19-21H,14-15H2,1-6H3,(H,29,34)(H,30,37)/b13-12+/t19?,20-/m0/s1. The van der Waals surface area contributed by atoms with Crippen molar-refractivity contribution in [3.05, 3.63) is 64.5 Å². The summed E-state index contributed by atoms with van der Waals surface area (Å²) in [7, 11) is 1.97. The van der Waals surface area contributed by atoms with Crippen LogP contribution in [0.15, 0.2) is 51.7 Å². The van der Waals surface area contributed by atoms with Crippen molar-refractivity contribution >= 4 is 29.7 Å². The summed E-state index contributed by atoms with van der Waals surface area (Å²) in [5.74, 6) is -6.14. The van der Waals surface area contributed by atoms with Crippen molar-refractivity contribution in [3.8, 4) is 0 Å². The highest BCUT2D eigenvalue weighted by atomic mass is 16.6. The van der Waals surface area contributed by atoms with Crippen LogP contribution in [0.2, 0.25) is 0 Å². The van der Waals surface area contributed by atoms with Gasteiger partial charge in [0.1, 0.15) is 12.6 Å². The fourth-order valence-electron chi connectivity index (χ4n) is 3.61. The fourth-order valence-corrected chi connectivity index (χ4v) is 3.61. The number of allylic oxidation sites excluding steroid dienone is 1. The number of benzene rings is 1. The number of carbonyl (C=O) groups is 5. The first-order valence-corrected chi connectivity index (χ1v) is 13.1. The lowest BCUT2D eigenvalue weighted by Gasteiger charge is -2.21. The Labute approximate surface area is 242 Å². The summed E-state index contributed by atoms with van der Waals surface area (Å²) >= 11 is 0. The number of nitrogens with one attached hydrogen (secondary N) is 2. The molecular formula is C28H36N4O10. The first kappa shape index (κ1) is 33.5. The normalized spacial score (nSPS) is 12.7. The zero-order valence-corrected chi connectivity index (χ0v) is 24.3. The Morgan fingerprint density at radius 1 is 0.952 bits per heavy atom. The van der Waals surface area contributed by atoms with Crippen LogP contribution in [-0.4, -0.2) is 65.8 Å². The van der Waals surface area contributed by atoms with Crippen LogP contribution in [0.25, 0.3) is 0 Å². The predicted molar refractivity (Wildman–Crippen MR) is 147 cm³/mol. The number of ether oxygens (including phenoxy) is 3. The van der Waals surface area contributed by atoms with Crippen molar-refractivity contribution in [1.82, 2.24) is 20.4 Å². The number of aromatic nitrogens is 2. The molecule has 14 heteroatoms. The molecule has 1 aromatic heterocycles. The summed E-state index contributed by atoms with van der Waals surface area (Å²) in [6.45, 7) is 7.31. The van der Waals surface area contributed by atoms with Crippen molar-refractivity contribution in [2.45, 2.75) is 58.8 Å². The molecule has 14 nitrogen and oxygen atoms in total. The van der Waals surface area contributed by atoms with Gasteiger partial charge >= 0.3 is 23.8 Å². The highest BCUT2D eigenvalue weighted by Crippen LogP contribution is 2.13. The lowest BCUT2D eigenvalue weighted by Crippen LogP contribution is -2.51. The Kier molecular flexibility index (Phi) is 12.7. The first-order valence-electron chi connectivity index (χ1n) is 13.1. The third-order valence-electron chi connectivity index (χ3n) is 5.67. The number of methoxy groups -OCH3 is 2. The molecule has 0 bridgehead atoms. The van der Waals surface area contributed by atoms with E-state index in [1.54, 1.807) is 44.2 Å². The highest BCUT2D eigenvalue weighted by molar-refractivity contribution is 6.00. The molecule has 0 aliphatic heterocycles. The summed E-state index contributed by atoms with van der Waals surface area (Å²) < 4.78 is 19.6. The van der Waals surface area contributed by atoms with Crippen LogP contribution < -0.4 is 16.4 Å². The summed E-state index contributed by atoms with van der Waals surface area (Å²) in [6.07, 6.45) is 2.40. The van der Waals surface area contributed by atoms with Crippen LogP contribution in [0.3, 0.4) is 0 Å². The Hall–Kier alpha value is -4.75. The number of Topliss-reactive ketones (excluding diaryl/α,β-unsaturated/α-hetero) is 1. The van der Waals surface area contributed by atoms with E-state index in [1.807, 2.05) is 19.9 Å². The van der Waals surface area contributed by atoms with E-state index in [2.05, 4.69) is 25.2 Å². The van der Waals surface area contributed by atoms with Crippen LogP contribution in [0, 0.1) is 11.8 Å². The van der Waals surface area contributed by atoms with Gasteiger partial charge in [-0.25, -0.2) is 19.2 Å². The van der Waals surface area contributed by atoms with Gasteiger partial charge in [-0.3, -0.25) is 9.59 Å². The van der Waals surface area contributed by atoms with Gasteiger partial charge in [0.05, 0.1) is 20.3 Å². The third kappa shape index (κ3) is 9.71. The molecule has 228 valence electrons. The van der Waals surface area contributed by atoms with Gasteiger partial charge in [0.2, 0.25) is 11.7 Å². The summed E-state index contributed by atoms with van der Waals surface area (Å²) in [6, 6.07) is 4.53. The second-order valence-electron chi connectivity index (χ2n) is 9.93. The number of nitrogens with zero attached hydrogens (tertiary/aromatic N) is 2. The maximum atomic E-state index is 13.4. The predicted octanol–water partition coefficient (Wildman–Crippen LogP) is 1.94. The van der Waals surface area contributed by atoms with Crippen molar-refractivity contribution in [2.75, 3.05) is 14.2 Å². The number of hydrogen-bond donors (Lipinski definition) is 2. The van der Waals surface area contributed by atoms with Gasteiger partial charge in [-0.1, -0.05) is 70.2 Å². The van der Waals surface area contributed by atoms with Crippen molar-refractivity contribution in [3.63, 3.8) is 0 Å². The summed E-state index contributed by atoms with van der Waals surface area (Å²) in [4.78, 5) is 75.8. The van der Waals surface area contributed by atoms with Crippen LogP contribution in [0.4, 0.5) is 4.79 Å². The summed E-state index contributed by atoms with van der Waals surface area (Å²) in [5.41, 5.74) is 0.747. The lowest BCUT2D eigenvalue weighted by molar-refractivity contribution is -0.158. The van der Waals surface area contributed by atoms with Crippen molar-refractivity contribution in [1.29, 1.82) is 0 Å². The van der Waals surface area contributed by atoms with E-state index < -0.39 is 59.5 Å². The number of alkyl carbamates (subject to hydrolysis) is 1. The topological polar surface area (TPSA) is 185 Å². The molecular weight excluding hydrogens is 552 g/mol. The number of hydrogen-bond acceptors (Lipinski definition) is 11. The quantitative estimate of drug-likeness (QED) is 0.108. The lowest BCUT2D eigenvalue weighted by atomic mass is 9.99. The van der Waals surface area contributed by atoms with Gasteiger partial charge in [-0.2, -0.15) is 4.68 Å². The van der Waals surface area contributed by atoms with Crippen molar-refractivity contribution < 1.29 is 42.6 Å².